The van der Waals surface area contributed by atoms with Gasteiger partial charge in [0.25, 0.3) is 0 Å². The molecule has 1 spiro atoms. The molecule has 0 radical (unpaired) electrons. The first kappa shape index (κ1) is 11.0. The Morgan fingerprint density at radius 2 is 1.65 bits per heavy atom. The Labute approximate surface area is 102 Å². The quantitative estimate of drug-likeness (QED) is 0.795. The second kappa shape index (κ2) is 4.61. The van der Waals surface area contributed by atoms with Crippen LogP contribution >= 0.6 is 0 Å². The molecule has 2 aliphatic rings. The minimum Gasteiger partial charge on any atom is -0.341 e. The monoisotopic (exact) mass is 232 g/mol. The molecule has 0 bridgehead atoms. The molecular formula is C13H20N4. The molecule has 0 aromatic carbocycles. The summed E-state index contributed by atoms with van der Waals surface area (Å²) < 4.78 is 0. The van der Waals surface area contributed by atoms with Crippen LogP contribution in [0.4, 0.5) is 5.95 Å². The van der Waals surface area contributed by atoms with Crippen LogP contribution in [0.3, 0.4) is 0 Å². The summed E-state index contributed by atoms with van der Waals surface area (Å²) in [6.07, 6.45) is 8.95. The van der Waals surface area contributed by atoms with Gasteiger partial charge in [-0.1, -0.05) is 0 Å². The molecule has 0 saturated carbocycles. The van der Waals surface area contributed by atoms with Crippen LogP contribution in [-0.2, 0) is 0 Å². The molecule has 4 heteroatoms. The fourth-order valence-corrected chi connectivity index (χ4v) is 3.09. The van der Waals surface area contributed by atoms with Crippen molar-refractivity contribution in [2.24, 2.45) is 5.41 Å². The lowest BCUT2D eigenvalue weighted by atomic mass is 9.72. The number of aromatic nitrogens is 2. The number of hydrogen-bond donors (Lipinski definition) is 1. The van der Waals surface area contributed by atoms with Gasteiger partial charge in [-0.3, -0.25) is 0 Å². The van der Waals surface area contributed by atoms with E-state index in [0.29, 0.717) is 5.41 Å². The summed E-state index contributed by atoms with van der Waals surface area (Å²) in [6.45, 7) is 4.62. The molecule has 1 aromatic heterocycles. The van der Waals surface area contributed by atoms with Gasteiger partial charge in [-0.2, -0.15) is 0 Å². The van der Waals surface area contributed by atoms with Crippen molar-refractivity contribution in [3.63, 3.8) is 0 Å². The highest BCUT2D eigenvalue weighted by molar-refractivity contribution is 5.29. The number of nitrogens with zero attached hydrogens (tertiary/aromatic N) is 3. The first-order chi connectivity index (χ1) is 8.38. The van der Waals surface area contributed by atoms with Crippen molar-refractivity contribution in [1.82, 2.24) is 15.3 Å². The molecular weight excluding hydrogens is 212 g/mol. The Kier molecular flexibility index (Phi) is 2.97. The predicted octanol–water partition coefficient (Wildman–Crippen LogP) is 1.45. The van der Waals surface area contributed by atoms with Crippen LogP contribution in [-0.4, -0.2) is 36.1 Å². The van der Waals surface area contributed by atoms with Gasteiger partial charge in [-0.05, 0) is 50.3 Å². The lowest BCUT2D eigenvalue weighted by molar-refractivity contribution is 0.154. The average molecular weight is 232 g/mol. The molecule has 0 aliphatic carbocycles. The zero-order chi connectivity index (χ0) is 11.6. The van der Waals surface area contributed by atoms with Gasteiger partial charge in [0.05, 0.1) is 0 Å². The average Bonchev–Trinajstić information content (AvgIpc) is 2.42. The molecule has 2 saturated heterocycles. The zero-order valence-electron chi connectivity index (χ0n) is 10.2. The van der Waals surface area contributed by atoms with E-state index in [-0.39, 0.29) is 0 Å². The van der Waals surface area contributed by atoms with Crippen LogP contribution in [0.5, 0.6) is 0 Å². The van der Waals surface area contributed by atoms with Crippen molar-refractivity contribution < 1.29 is 0 Å². The standard InChI is InChI=1S/C13H20N4/c1-6-15-12(16-7-1)17-10-4-13(5-11-17)2-8-14-9-3-13/h1,6-7,14H,2-5,8-11H2. The molecule has 92 valence electrons. The van der Waals surface area contributed by atoms with Gasteiger partial charge in [-0.25, -0.2) is 9.97 Å². The first-order valence-corrected chi connectivity index (χ1v) is 6.61. The summed E-state index contributed by atoms with van der Waals surface area (Å²) in [5.74, 6) is 0.899. The molecule has 2 fully saturated rings. The highest BCUT2D eigenvalue weighted by Gasteiger charge is 2.35. The molecule has 0 unspecified atom stereocenters. The van der Waals surface area contributed by atoms with Gasteiger partial charge in [0.15, 0.2) is 0 Å². The lowest BCUT2D eigenvalue weighted by Gasteiger charge is -2.44. The molecule has 0 atom stereocenters. The van der Waals surface area contributed by atoms with Gasteiger partial charge < -0.3 is 10.2 Å². The number of rotatable bonds is 1. The van der Waals surface area contributed by atoms with Crippen molar-refractivity contribution in [1.29, 1.82) is 0 Å². The fraction of sp³-hybridized carbons (Fsp3) is 0.692. The van der Waals surface area contributed by atoms with Crippen LogP contribution in [0.25, 0.3) is 0 Å². The van der Waals surface area contributed by atoms with Crippen LogP contribution in [0.15, 0.2) is 18.5 Å². The third kappa shape index (κ3) is 2.27. The molecule has 17 heavy (non-hydrogen) atoms. The van der Waals surface area contributed by atoms with Crippen LogP contribution < -0.4 is 10.2 Å². The van der Waals surface area contributed by atoms with Crippen molar-refractivity contribution >= 4 is 5.95 Å². The topological polar surface area (TPSA) is 41.1 Å². The first-order valence-electron chi connectivity index (χ1n) is 6.61. The van der Waals surface area contributed by atoms with Gasteiger partial charge in [0.2, 0.25) is 5.95 Å². The van der Waals surface area contributed by atoms with E-state index >= 15 is 0 Å². The normalized spacial score (nSPS) is 23.9. The minimum absolute atomic E-state index is 0.608. The summed E-state index contributed by atoms with van der Waals surface area (Å²) in [5.41, 5.74) is 0.608. The van der Waals surface area contributed by atoms with Crippen molar-refractivity contribution in [2.75, 3.05) is 31.1 Å². The Morgan fingerprint density at radius 1 is 1.00 bits per heavy atom. The van der Waals surface area contributed by atoms with Gasteiger partial charge in [-0.15, -0.1) is 0 Å². The van der Waals surface area contributed by atoms with E-state index in [2.05, 4.69) is 20.2 Å². The lowest BCUT2D eigenvalue weighted by Crippen LogP contribution is -2.46. The summed E-state index contributed by atoms with van der Waals surface area (Å²) in [6, 6.07) is 1.88. The van der Waals surface area contributed by atoms with E-state index in [0.717, 1.165) is 19.0 Å². The van der Waals surface area contributed by atoms with Crippen molar-refractivity contribution in [2.45, 2.75) is 25.7 Å². The maximum absolute atomic E-state index is 4.34. The smallest absolute Gasteiger partial charge is 0.225 e. The molecule has 3 rings (SSSR count). The molecule has 0 amide bonds. The van der Waals surface area contributed by atoms with Crippen LogP contribution in [0, 0.1) is 5.41 Å². The maximum Gasteiger partial charge on any atom is 0.225 e. The molecule has 4 nitrogen and oxygen atoms in total. The number of anilines is 1. The highest BCUT2D eigenvalue weighted by atomic mass is 15.2. The summed E-state index contributed by atoms with van der Waals surface area (Å²) >= 11 is 0. The zero-order valence-corrected chi connectivity index (χ0v) is 10.2. The number of nitrogens with one attached hydrogen (secondary N) is 1. The Morgan fingerprint density at radius 3 is 2.29 bits per heavy atom. The molecule has 3 heterocycles. The van der Waals surface area contributed by atoms with Gasteiger partial charge in [0.1, 0.15) is 0 Å². The fourth-order valence-electron chi connectivity index (χ4n) is 3.09. The van der Waals surface area contributed by atoms with E-state index in [4.69, 9.17) is 0 Å². The Hall–Kier alpha value is -1.16. The van der Waals surface area contributed by atoms with E-state index in [1.807, 2.05) is 18.5 Å². The van der Waals surface area contributed by atoms with Crippen molar-refractivity contribution in [3.8, 4) is 0 Å². The third-order valence-electron chi connectivity index (χ3n) is 4.32. The maximum atomic E-state index is 4.34. The Balaban J connectivity index is 1.64. The summed E-state index contributed by atoms with van der Waals surface area (Å²) in [4.78, 5) is 11.0. The van der Waals surface area contributed by atoms with E-state index in [1.54, 1.807) is 0 Å². The minimum atomic E-state index is 0.608. The number of hydrogen-bond acceptors (Lipinski definition) is 4. The predicted molar refractivity (Wildman–Crippen MR) is 68.0 cm³/mol. The second-order valence-electron chi connectivity index (χ2n) is 5.29. The molecule has 1 N–H and O–H groups in total. The van der Waals surface area contributed by atoms with E-state index in [9.17, 15) is 0 Å². The molecule has 2 aliphatic heterocycles. The van der Waals surface area contributed by atoms with Crippen LogP contribution in [0.2, 0.25) is 0 Å². The van der Waals surface area contributed by atoms with E-state index in [1.165, 1.54) is 38.8 Å². The van der Waals surface area contributed by atoms with Gasteiger partial charge >= 0.3 is 0 Å². The van der Waals surface area contributed by atoms with E-state index < -0.39 is 0 Å². The SMILES string of the molecule is c1cnc(N2CCC3(CCNCC3)CC2)nc1. The second-order valence-corrected chi connectivity index (χ2v) is 5.29. The summed E-state index contributed by atoms with van der Waals surface area (Å²) in [5, 5.41) is 3.46. The summed E-state index contributed by atoms with van der Waals surface area (Å²) in [7, 11) is 0. The Bertz CT molecular complexity index is 349. The van der Waals surface area contributed by atoms with Crippen molar-refractivity contribution in [3.05, 3.63) is 18.5 Å². The largest absolute Gasteiger partial charge is 0.341 e. The van der Waals surface area contributed by atoms with Gasteiger partial charge in [0, 0.05) is 25.5 Å². The third-order valence-corrected chi connectivity index (χ3v) is 4.32. The number of piperidine rings is 2. The highest BCUT2D eigenvalue weighted by Crippen LogP contribution is 2.39. The van der Waals surface area contributed by atoms with Crippen LogP contribution in [0.1, 0.15) is 25.7 Å². The molecule has 1 aromatic rings.